The highest BCUT2D eigenvalue weighted by Gasteiger charge is 2.13. The number of hydrogen-bond donors (Lipinski definition) is 0. The zero-order valence-electron chi connectivity index (χ0n) is 16.5. The summed E-state index contributed by atoms with van der Waals surface area (Å²) in [6.07, 6.45) is 1.86. The van der Waals surface area contributed by atoms with Crippen LogP contribution in [0.5, 0.6) is 0 Å². The van der Waals surface area contributed by atoms with Crippen LogP contribution in [0.15, 0.2) is 71.2 Å². The predicted molar refractivity (Wildman–Crippen MR) is 118 cm³/mol. The summed E-state index contributed by atoms with van der Waals surface area (Å²) in [7, 11) is 1.38. The van der Waals surface area contributed by atoms with Crippen LogP contribution in [0.4, 0.5) is 0 Å². The molecule has 2 aromatic carbocycles. The third-order valence-electron chi connectivity index (χ3n) is 4.24. The Kier molecular flexibility index (Phi) is 7.55. The molecule has 0 radical (unpaired) electrons. The second-order valence-electron chi connectivity index (χ2n) is 6.38. The normalized spacial score (nSPS) is 10.7. The molecule has 3 rings (SSSR count). The average Bonchev–Trinajstić information content (AvgIpc) is 3.13. The van der Waals surface area contributed by atoms with Crippen LogP contribution >= 0.6 is 23.5 Å². The van der Waals surface area contributed by atoms with E-state index in [9.17, 15) is 4.79 Å². The van der Waals surface area contributed by atoms with Crippen molar-refractivity contribution >= 4 is 29.5 Å². The number of aryl methyl sites for hydroxylation is 1. The van der Waals surface area contributed by atoms with E-state index in [0.717, 1.165) is 28.0 Å². The molecular formula is C22H23N3O2S2. The minimum absolute atomic E-state index is 0.328. The SMILES string of the molecule is C=CCn1c(CSc2ccc(C)cc2)nnc1SCc1ccc(C(=O)OC)cc1. The Labute approximate surface area is 179 Å². The van der Waals surface area contributed by atoms with Crippen molar-refractivity contribution in [2.75, 3.05) is 7.11 Å². The van der Waals surface area contributed by atoms with Gasteiger partial charge in [0.15, 0.2) is 5.16 Å². The maximum absolute atomic E-state index is 11.5. The van der Waals surface area contributed by atoms with E-state index >= 15 is 0 Å². The number of thioether (sulfide) groups is 2. The van der Waals surface area contributed by atoms with E-state index < -0.39 is 0 Å². The van der Waals surface area contributed by atoms with Gasteiger partial charge in [0.25, 0.3) is 0 Å². The first-order valence-corrected chi connectivity index (χ1v) is 11.1. The fourth-order valence-electron chi connectivity index (χ4n) is 2.63. The summed E-state index contributed by atoms with van der Waals surface area (Å²) in [6, 6.07) is 15.9. The lowest BCUT2D eigenvalue weighted by molar-refractivity contribution is 0.0600. The largest absolute Gasteiger partial charge is 0.465 e. The molecule has 3 aromatic rings. The van der Waals surface area contributed by atoms with Crippen LogP contribution in [0.25, 0.3) is 0 Å². The fourth-order valence-corrected chi connectivity index (χ4v) is 4.39. The summed E-state index contributed by atoms with van der Waals surface area (Å²) in [4.78, 5) is 12.8. The lowest BCUT2D eigenvalue weighted by Crippen LogP contribution is -2.03. The van der Waals surface area contributed by atoms with Gasteiger partial charge in [-0.15, -0.1) is 28.5 Å². The van der Waals surface area contributed by atoms with E-state index in [-0.39, 0.29) is 5.97 Å². The van der Waals surface area contributed by atoms with Gasteiger partial charge in [0, 0.05) is 17.2 Å². The third-order valence-corrected chi connectivity index (χ3v) is 6.28. The first kappa shape index (κ1) is 21.2. The number of carbonyl (C=O) groups is 1. The molecule has 0 unspecified atom stereocenters. The maximum atomic E-state index is 11.5. The number of hydrogen-bond acceptors (Lipinski definition) is 6. The average molecular weight is 426 g/mol. The summed E-state index contributed by atoms with van der Waals surface area (Å²) < 4.78 is 6.83. The van der Waals surface area contributed by atoms with E-state index in [0.29, 0.717) is 12.1 Å². The maximum Gasteiger partial charge on any atom is 0.337 e. The van der Waals surface area contributed by atoms with Gasteiger partial charge in [-0.05, 0) is 36.8 Å². The number of nitrogens with zero attached hydrogens (tertiary/aromatic N) is 3. The summed E-state index contributed by atoms with van der Waals surface area (Å²) in [5.41, 5.74) is 2.90. The molecule has 0 N–H and O–H groups in total. The van der Waals surface area contributed by atoms with Gasteiger partial charge in [0.05, 0.1) is 18.4 Å². The second-order valence-corrected chi connectivity index (χ2v) is 8.37. The lowest BCUT2D eigenvalue weighted by Gasteiger charge is -2.08. The number of allylic oxidation sites excluding steroid dienone is 1. The number of aromatic nitrogens is 3. The quantitative estimate of drug-likeness (QED) is 0.269. The first-order valence-electron chi connectivity index (χ1n) is 9.13. The highest BCUT2D eigenvalue weighted by molar-refractivity contribution is 7.98. The van der Waals surface area contributed by atoms with Crippen molar-refractivity contribution in [3.8, 4) is 0 Å². The molecule has 1 aromatic heterocycles. The molecule has 0 aliphatic carbocycles. The fraction of sp³-hybridized carbons (Fsp3) is 0.227. The molecule has 0 amide bonds. The van der Waals surface area contributed by atoms with Crippen LogP contribution in [-0.2, 0) is 22.8 Å². The Balaban J connectivity index is 1.65. The Morgan fingerprint density at radius 1 is 1.07 bits per heavy atom. The van der Waals surface area contributed by atoms with Crippen molar-refractivity contribution < 1.29 is 9.53 Å². The van der Waals surface area contributed by atoms with Gasteiger partial charge in [-0.3, -0.25) is 0 Å². The Hall–Kier alpha value is -2.51. The molecule has 29 heavy (non-hydrogen) atoms. The molecule has 1 heterocycles. The van der Waals surface area contributed by atoms with E-state index in [1.54, 1.807) is 35.7 Å². The van der Waals surface area contributed by atoms with Gasteiger partial charge < -0.3 is 9.30 Å². The van der Waals surface area contributed by atoms with Crippen LogP contribution in [0.2, 0.25) is 0 Å². The van der Waals surface area contributed by atoms with E-state index in [4.69, 9.17) is 4.74 Å². The van der Waals surface area contributed by atoms with Crippen LogP contribution in [-0.4, -0.2) is 27.8 Å². The van der Waals surface area contributed by atoms with Crippen molar-refractivity contribution in [3.05, 3.63) is 83.7 Å². The Bertz CT molecular complexity index is 967. The van der Waals surface area contributed by atoms with Crippen molar-refractivity contribution in [2.45, 2.75) is 35.0 Å². The van der Waals surface area contributed by atoms with Gasteiger partial charge in [-0.25, -0.2) is 4.79 Å². The number of esters is 1. The zero-order valence-corrected chi connectivity index (χ0v) is 18.1. The van der Waals surface area contributed by atoms with Crippen molar-refractivity contribution in [2.24, 2.45) is 0 Å². The van der Waals surface area contributed by atoms with Gasteiger partial charge in [-0.1, -0.05) is 47.7 Å². The van der Waals surface area contributed by atoms with Gasteiger partial charge >= 0.3 is 5.97 Å². The molecule has 0 atom stereocenters. The number of benzene rings is 2. The van der Waals surface area contributed by atoms with E-state index in [2.05, 4.69) is 52.5 Å². The summed E-state index contributed by atoms with van der Waals surface area (Å²) in [5.74, 6) is 2.09. The molecule has 0 aliphatic heterocycles. The highest BCUT2D eigenvalue weighted by Crippen LogP contribution is 2.26. The van der Waals surface area contributed by atoms with Crippen molar-refractivity contribution in [1.82, 2.24) is 14.8 Å². The molecule has 0 saturated carbocycles. The van der Waals surface area contributed by atoms with Gasteiger partial charge in [0.1, 0.15) is 5.82 Å². The summed E-state index contributed by atoms with van der Waals surface area (Å²) >= 11 is 3.37. The summed E-state index contributed by atoms with van der Waals surface area (Å²) in [6.45, 7) is 6.61. The minimum Gasteiger partial charge on any atom is -0.465 e. The molecule has 150 valence electrons. The highest BCUT2D eigenvalue weighted by atomic mass is 32.2. The smallest absolute Gasteiger partial charge is 0.337 e. The van der Waals surface area contributed by atoms with Crippen LogP contribution < -0.4 is 0 Å². The second kappa shape index (κ2) is 10.3. The number of methoxy groups -OCH3 is 1. The van der Waals surface area contributed by atoms with Crippen LogP contribution in [0.3, 0.4) is 0 Å². The van der Waals surface area contributed by atoms with Crippen LogP contribution in [0.1, 0.15) is 27.3 Å². The standard InChI is InChI=1S/C22H23N3O2S2/c1-4-13-25-20(15-28-19-11-5-16(2)6-12-19)23-24-22(25)29-14-17-7-9-18(10-8-17)21(26)27-3/h4-12H,1,13-15H2,2-3H3. The zero-order chi connectivity index (χ0) is 20.6. The molecule has 7 heteroatoms. The van der Waals surface area contributed by atoms with Crippen molar-refractivity contribution in [1.29, 1.82) is 0 Å². The molecule has 5 nitrogen and oxygen atoms in total. The molecule has 0 saturated heterocycles. The van der Waals surface area contributed by atoms with Crippen molar-refractivity contribution in [3.63, 3.8) is 0 Å². The number of ether oxygens (including phenoxy) is 1. The number of rotatable bonds is 9. The van der Waals surface area contributed by atoms with Crippen LogP contribution in [0, 0.1) is 6.92 Å². The minimum atomic E-state index is -0.328. The van der Waals surface area contributed by atoms with Gasteiger partial charge in [0.2, 0.25) is 0 Å². The summed E-state index contributed by atoms with van der Waals surface area (Å²) in [5, 5.41) is 9.63. The molecular weight excluding hydrogens is 402 g/mol. The predicted octanol–water partition coefficient (Wildman–Crippen LogP) is 5.14. The van der Waals surface area contributed by atoms with E-state index in [1.807, 2.05) is 18.2 Å². The number of carbonyl (C=O) groups excluding carboxylic acids is 1. The monoisotopic (exact) mass is 425 g/mol. The van der Waals surface area contributed by atoms with E-state index in [1.165, 1.54) is 17.6 Å². The first-order chi connectivity index (χ1) is 14.1. The third kappa shape index (κ3) is 5.74. The topological polar surface area (TPSA) is 57.0 Å². The Morgan fingerprint density at radius 3 is 2.45 bits per heavy atom. The molecule has 0 aliphatic rings. The molecule has 0 bridgehead atoms. The Morgan fingerprint density at radius 2 is 1.79 bits per heavy atom. The lowest BCUT2D eigenvalue weighted by atomic mass is 10.1. The molecule has 0 spiro atoms. The van der Waals surface area contributed by atoms with Gasteiger partial charge in [-0.2, -0.15) is 0 Å². The molecule has 0 fully saturated rings.